The van der Waals surface area contributed by atoms with Crippen LogP contribution in [0.5, 0.6) is 5.75 Å². The summed E-state index contributed by atoms with van der Waals surface area (Å²) >= 11 is 1.68. The predicted octanol–water partition coefficient (Wildman–Crippen LogP) is 4.55. The Labute approximate surface area is 140 Å². The van der Waals surface area contributed by atoms with Crippen LogP contribution >= 0.6 is 11.3 Å². The Hall–Kier alpha value is -2.33. The van der Waals surface area contributed by atoms with E-state index >= 15 is 0 Å². The number of ether oxygens (including phenoxy) is 1. The monoisotopic (exact) mass is 324 g/mol. The average Bonchev–Trinajstić information content (AvgIpc) is 3.03. The van der Waals surface area contributed by atoms with Gasteiger partial charge in [-0.1, -0.05) is 37.3 Å². The van der Waals surface area contributed by atoms with Gasteiger partial charge >= 0.3 is 0 Å². The number of rotatable bonds is 5. The zero-order chi connectivity index (χ0) is 16.2. The van der Waals surface area contributed by atoms with Crippen LogP contribution in [0, 0.1) is 0 Å². The highest BCUT2D eigenvalue weighted by atomic mass is 32.1. The van der Waals surface area contributed by atoms with E-state index in [1.807, 2.05) is 18.2 Å². The number of nitrogens with two attached hydrogens (primary N) is 1. The molecule has 2 aromatic carbocycles. The van der Waals surface area contributed by atoms with Gasteiger partial charge in [-0.2, -0.15) is 0 Å². The minimum Gasteiger partial charge on any atom is -0.495 e. The Bertz CT molecular complexity index is 793. The van der Waals surface area contributed by atoms with Crippen molar-refractivity contribution in [2.75, 3.05) is 12.8 Å². The molecule has 4 heteroatoms. The van der Waals surface area contributed by atoms with Crippen molar-refractivity contribution in [2.45, 2.75) is 19.8 Å². The third-order valence-electron chi connectivity index (χ3n) is 3.86. The van der Waals surface area contributed by atoms with E-state index < -0.39 is 0 Å². The van der Waals surface area contributed by atoms with E-state index in [4.69, 9.17) is 15.5 Å². The topological polar surface area (TPSA) is 48.1 Å². The second kappa shape index (κ2) is 6.84. The van der Waals surface area contributed by atoms with E-state index in [1.165, 1.54) is 11.1 Å². The second-order valence-electron chi connectivity index (χ2n) is 5.43. The zero-order valence-corrected chi connectivity index (χ0v) is 14.2. The fraction of sp³-hybridized carbons (Fsp3) is 0.211. The summed E-state index contributed by atoms with van der Waals surface area (Å²) in [5.41, 5.74) is 11.3. The molecule has 1 heterocycles. The number of nitrogens with zero attached hydrogens (tertiary/aromatic N) is 1. The van der Waals surface area contributed by atoms with E-state index in [9.17, 15) is 0 Å². The molecule has 3 rings (SSSR count). The Morgan fingerprint density at radius 1 is 1.09 bits per heavy atom. The molecule has 2 N–H and O–H groups in total. The summed E-state index contributed by atoms with van der Waals surface area (Å²) in [4.78, 5) is 4.75. The molecule has 0 aliphatic rings. The van der Waals surface area contributed by atoms with Gasteiger partial charge in [0.15, 0.2) is 0 Å². The molecule has 0 bridgehead atoms. The van der Waals surface area contributed by atoms with Gasteiger partial charge in [0, 0.05) is 17.4 Å². The molecule has 0 aliphatic carbocycles. The molecular formula is C19H20N2OS. The summed E-state index contributed by atoms with van der Waals surface area (Å²) in [7, 11) is 1.63. The highest BCUT2D eigenvalue weighted by Crippen LogP contribution is 2.26. The molecular weight excluding hydrogens is 304 g/mol. The first-order valence-electron chi connectivity index (χ1n) is 7.65. The van der Waals surface area contributed by atoms with Crippen molar-refractivity contribution >= 4 is 17.0 Å². The lowest BCUT2D eigenvalue weighted by molar-refractivity contribution is 0.417. The number of aromatic nitrogens is 1. The van der Waals surface area contributed by atoms with Gasteiger partial charge in [-0.15, -0.1) is 11.3 Å². The molecule has 23 heavy (non-hydrogen) atoms. The number of hydrogen-bond acceptors (Lipinski definition) is 4. The summed E-state index contributed by atoms with van der Waals surface area (Å²) in [5.74, 6) is 0.713. The third-order valence-corrected chi connectivity index (χ3v) is 4.71. The maximum absolute atomic E-state index is 5.97. The van der Waals surface area contributed by atoms with Gasteiger partial charge in [-0.05, 0) is 29.7 Å². The SMILES string of the molecule is CCc1ccc(-c2csc(Cc3ccc(OC)c(N)c3)n2)cc1. The summed E-state index contributed by atoms with van der Waals surface area (Å²) in [6.45, 7) is 2.16. The number of nitrogen functional groups attached to an aromatic ring is 1. The molecule has 0 spiro atoms. The van der Waals surface area contributed by atoms with Gasteiger partial charge in [-0.3, -0.25) is 0 Å². The molecule has 0 aliphatic heterocycles. The van der Waals surface area contributed by atoms with Crippen LogP contribution in [0.3, 0.4) is 0 Å². The third kappa shape index (κ3) is 3.54. The van der Waals surface area contributed by atoms with Gasteiger partial charge in [-0.25, -0.2) is 4.98 Å². The zero-order valence-electron chi connectivity index (χ0n) is 13.4. The van der Waals surface area contributed by atoms with Crippen molar-refractivity contribution in [3.05, 3.63) is 64.0 Å². The maximum Gasteiger partial charge on any atom is 0.141 e. The first kappa shape index (κ1) is 15.6. The number of anilines is 1. The Kier molecular flexibility index (Phi) is 4.63. The Morgan fingerprint density at radius 2 is 1.83 bits per heavy atom. The highest BCUT2D eigenvalue weighted by molar-refractivity contribution is 7.10. The van der Waals surface area contributed by atoms with Crippen LogP contribution in [0.1, 0.15) is 23.1 Å². The first-order valence-corrected chi connectivity index (χ1v) is 8.53. The fourth-order valence-corrected chi connectivity index (χ4v) is 3.34. The highest BCUT2D eigenvalue weighted by Gasteiger charge is 2.07. The number of methoxy groups -OCH3 is 1. The Morgan fingerprint density at radius 3 is 2.48 bits per heavy atom. The summed E-state index contributed by atoms with van der Waals surface area (Å²) in [6.07, 6.45) is 1.84. The number of hydrogen-bond donors (Lipinski definition) is 1. The van der Waals surface area contributed by atoms with E-state index in [0.29, 0.717) is 11.4 Å². The molecule has 3 aromatic rings. The van der Waals surface area contributed by atoms with Crippen molar-refractivity contribution in [3.63, 3.8) is 0 Å². The summed E-state index contributed by atoms with van der Waals surface area (Å²) in [5, 5.41) is 3.20. The van der Waals surface area contributed by atoms with Crippen LogP contribution in [0.15, 0.2) is 47.8 Å². The lowest BCUT2D eigenvalue weighted by Crippen LogP contribution is -1.95. The van der Waals surface area contributed by atoms with Crippen LogP contribution in [-0.2, 0) is 12.8 Å². The quantitative estimate of drug-likeness (QED) is 0.700. The van der Waals surface area contributed by atoms with Crippen LogP contribution < -0.4 is 10.5 Å². The fourth-order valence-electron chi connectivity index (χ4n) is 2.50. The minimum atomic E-state index is 0.664. The number of benzene rings is 2. The van der Waals surface area contributed by atoms with E-state index in [1.54, 1.807) is 18.4 Å². The van der Waals surface area contributed by atoms with Crippen LogP contribution in [-0.4, -0.2) is 12.1 Å². The van der Waals surface area contributed by atoms with Crippen LogP contribution in [0.25, 0.3) is 11.3 Å². The van der Waals surface area contributed by atoms with Crippen LogP contribution in [0.4, 0.5) is 5.69 Å². The van der Waals surface area contributed by atoms with Gasteiger partial charge in [0.2, 0.25) is 0 Å². The van der Waals surface area contributed by atoms with Gasteiger partial charge in [0.1, 0.15) is 5.75 Å². The summed E-state index contributed by atoms with van der Waals surface area (Å²) < 4.78 is 5.19. The first-order chi connectivity index (χ1) is 11.2. The number of thiazole rings is 1. The normalized spacial score (nSPS) is 10.7. The van der Waals surface area contributed by atoms with E-state index in [2.05, 4.69) is 36.6 Å². The van der Waals surface area contributed by atoms with Gasteiger partial charge in [0.05, 0.1) is 23.5 Å². The smallest absolute Gasteiger partial charge is 0.141 e. The van der Waals surface area contributed by atoms with Gasteiger partial charge in [0.25, 0.3) is 0 Å². The molecule has 0 radical (unpaired) electrons. The van der Waals surface area contributed by atoms with E-state index in [-0.39, 0.29) is 0 Å². The maximum atomic E-state index is 5.97. The molecule has 0 saturated carbocycles. The van der Waals surface area contributed by atoms with E-state index in [0.717, 1.165) is 29.1 Å². The second-order valence-corrected chi connectivity index (χ2v) is 6.37. The van der Waals surface area contributed by atoms with Crippen molar-refractivity contribution in [1.29, 1.82) is 0 Å². The lowest BCUT2D eigenvalue weighted by Gasteiger charge is -2.06. The molecule has 118 valence electrons. The van der Waals surface area contributed by atoms with Crippen molar-refractivity contribution < 1.29 is 4.74 Å². The molecule has 3 nitrogen and oxygen atoms in total. The van der Waals surface area contributed by atoms with Crippen molar-refractivity contribution in [1.82, 2.24) is 4.98 Å². The Balaban J connectivity index is 1.77. The minimum absolute atomic E-state index is 0.664. The molecule has 0 atom stereocenters. The standard InChI is InChI=1S/C19H20N2OS/c1-3-13-4-7-15(8-5-13)17-12-23-19(21-17)11-14-6-9-18(22-2)16(20)10-14/h4-10,12H,3,11,20H2,1-2H3. The molecule has 0 unspecified atom stereocenters. The molecule has 0 fully saturated rings. The van der Waals surface area contributed by atoms with Crippen molar-refractivity contribution in [2.24, 2.45) is 0 Å². The average molecular weight is 324 g/mol. The lowest BCUT2D eigenvalue weighted by atomic mass is 10.1. The largest absolute Gasteiger partial charge is 0.495 e. The summed E-state index contributed by atoms with van der Waals surface area (Å²) in [6, 6.07) is 14.5. The number of aryl methyl sites for hydroxylation is 1. The molecule has 1 aromatic heterocycles. The molecule has 0 amide bonds. The predicted molar refractivity (Wildman–Crippen MR) is 97.1 cm³/mol. The molecule has 0 saturated heterocycles. The van der Waals surface area contributed by atoms with Crippen molar-refractivity contribution in [3.8, 4) is 17.0 Å². The van der Waals surface area contributed by atoms with Gasteiger partial charge < -0.3 is 10.5 Å². The van der Waals surface area contributed by atoms with Crippen LogP contribution in [0.2, 0.25) is 0 Å².